The molecule has 0 aliphatic rings. The molecule has 0 aliphatic heterocycles. The van der Waals surface area contributed by atoms with Crippen LogP contribution < -0.4 is 17.6 Å². The van der Waals surface area contributed by atoms with Gasteiger partial charge in [0, 0.05) is 0 Å². The molecule has 0 radical (unpaired) electrons. The minimum absolute atomic E-state index is 0.704. The molecule has 0 N–H and O–H groups in total. The van der Waals surface area contributed by atoms with Gasteiger partial charge in [0.2, 0.25) is 0 Å². The van der Waals surface area contributed by atoms with Crippen molar-refractivity contribution < 1.29 is 0 Å². The van der Waals surface area contributed by atoms with Gasteiger partial charge in [-0.1, -0.05) is 0 Å². The van der Waals surface area contributed by atoms with Crippen LogP contribution in [0.3, 0.4) is 0 Å². The van der Waals surface area contributed by atoms with Gasteiger partial charge in [0.15, 0.2) is 0 Å². The standard InChI is InChI=1S/C46H33GeN3/c1-5-18-34(19-6-1)42-33-45(50-43-30-15-13-28-40(43)41-29-14-16-31-44(41)50)49-46(48-42)35-20-17-27-39(32-35)47(36-21-7-2-8-22-36,37-23-9-3-10-24-37)38-25-11-4-12-26-38/h1-33H. The summed E-state index contributed by atoms with van der Waals surface area (Å²) in [6.07, 6.45) is 0. The molecular formula is C46H33GeN3. The van der Waals surface area contributed by atoms with Crippen LogP contribution in [0, 0.1) is 0 Å². The summed E-state index contributed by atoms with van der Waals surface area (Å²) in [5.74, 6) is 1.55. The third kappa shape index (κ3) is 5.06. The molecular weight excluding hydrogens is 667 g/mol. The Balaban J connectivity index is 1.32. The van der Waals surface area contributed by atoms with Gasteiger partial charge in [0.25, 0.3) is 0 Å². The molecule has 236 valence electrons. The third-order valence-electron chi connectivity index (χ3n) is 9.77. The quantitative estimate of drug-likeness (QED) is 0.157. The Labute approximate surface area is 294 Å². The number of hydrogen-bond acceptors (Lipinski definition) is 2. The number of fused-ring (bicyclic) bond motifs is 3. The maximum absolute atomic E-state index is 5.39. The summed E-state index contributed by atoms with van der Waals surface area (Å²) in [5.41, 5.74) is 5.19. The van der Waals surface area contributed by atoms with E-state index in [0.29, 0.717) is 5.82 Å². The van der Waals surface area contributed by atoms with Crippen LogP contribution in [-0.2, 0) is 0 Å². The Morgan fingerprint density at radius 1 is 0.360 bits per heavy atom. The first-order chi connectivity index (χ1) is 24.8. The summed E-state index contributed by atoms with van der Waals surface area (Å²) in [5, 5.41) is 2.41. The predicted octanol–water partition coefficient (Wildman–Crippen LogP) is 8.29. The Hall–Kier alpha value is -6.04. The zero-order valence-electron chi connectivity index (χ0n) is 27.4. The van der Waals surface area contributed by atoms with Crippen molar-refractivity contribution >= 4 is 52.7 Å². The van der Waals surface area contributed by atoms with Crippen molar-refractivity contribution in [2.45, 2.75) is 0 Å². The first-order valence-corrected chi connectivity index (χ1v) is 21.2. The van der Waals surface area contributed by atoms with Crippen molar-refractivity contribution in [1.29, 1.82) is 0 Å². The summed E-state index contributed by atoms with van der Waals surface area (Å²) in [7, 11) is 0. The summed E-state index contributed by atoms with van der Waals surface area (Å²) in [6.45, 7) is 0. The van der Waals surface area contributed by atoms with Gasteiger partial charge in [-0.3, -0.25) is 0 Å². The molecule has 3 nitrogen and oxygen atoms in total. The van der Waals surface area contributed by atoms with Gasteiger partial charge in [0.05, 0.1) is 0 Å². The number of nitrogens with zero attached hydrogens (tertiary/aromatic N) is 3. The van der Waals surface area contributed by atoms with Crippen molar-refractivity contribution in [3.63, 3.8) is 0 Å². The van der Waals surface area contributed by atoms with Crippen molar-refractivity contribution in [2.24, 2.45) is 0 Å². The fourth-order valence-electron chi connectivity index (χ4n) is 7.56. The second-order valence-electron chi connectivity index (χ2n) is 12.6. The molecule has 9 aromatic rings. The maximum atomic E-state index is 5.39. The molecule has 0 atom stereocenters. The molecule has 0 fully saturated rings. The zero-order valence-corrected chi connectivity index (χ0v) is 29.5. The molecule has 2 aromatic heterocycles. The number of para-hydroxylation sites is 2. The fraction of sp³-hybridized carbons (Fsp3) is 0. The van der Waals surface area contributed by atoms with E-state index in [0.717, 1.165) is 33.7 Å². The summed E-state index contributed by atoms with van der Waals surface area (Å²) in [4.78, 5) is 10.7. The molecule has 0 amide bonds. The molecule has 2 heterocycles. The van der Waals surface area contributed by atoms with Crippen LogP contribution >= 0.6 is 0 Å². The Kier molecular flexibility index (Phi) is 7.68. The Bertz CT molecular complexity index is 2430. The Morgan fingerprint density at radius 3 is 1.34 bits per heavy atom. The van der Waals surface area contributed by atoms with E-state index in [9.17, 15) is 0 Å². The van der Waals surface area contributed by atoms with Crippen LogP contribution in [0.1, 0.15) is 0 Å². The zero-order chi connectivity index (χ0) is 33.3. The molecule has 0 unspecified atom stereocenters. The number of benzene rings is 7. The SMILES string of the molecule is c1ccc(-c2cc(-n3c4ccccc4c4ccccc43)nc(-c3ccc[c]([Ge]([c]4ccccc4)([c]4ccccc4)[c]4ccccc4)c3)n2)cc1. The van der Waals surface area contributed by atoms with Gasteiger partial charge in [-0.2, -0.15) is 0 Å². The van der Waals surface area contributed by atoms with Crippen LogP contribution in [0.5, 0.6) is 0 Å². The average Bonchev–Trinajstić information content (AvgIpc) is 3.54. The van der Waals surface area contributed by atoms with E-state index in [-0.39, 0.29) is 0 Å². The van der Waals surface area contributed by atoms with E-state index in [2.05, 4.69) is 199 Å². The molecule has 0 spiro atoms. The van der Waals surface area contributed by atoms with Crippen LogP contribution in [0.2, 0.25) is 0 Å². The molecule has 7 aromatic carbocycles. The van der Waals surface area contributed by atoms with E-state index in [1.54, 1.807) is 0 Å². The van der Waals surface area contributed by atoms with Gasteiger partial charge < -0.3 is 0 Å². The molecule has 4 heteroatoms. The van der Waals surface area contributed by atoms with Gasteiger partial charge in [0.1, 0.15) is 0 Å². The van der Waals surface area contributed by atoms with Gasteiger partial charge in [-0.05, 0) is 0 Å². The fourth-order valence-corrected chi connectivity index (χ4v) is 17.6. The van der Waals surface area contributed by atoms with Crippen LogP contribution in [0.25, 0.3) is 50.3 Å². The first-order valence-electron chi connectivity index (χ1n) is 17.0. The molecule has 50 heavy (non-hydrogen) atoms. The summed E-state index contributed by atoms with van der Waals surface area (Å²) < 4.78 is 7.76. The Morgan fingerprint density at radius 2 is 0.800 bits per heavy atom. The van der Waals surface area contributed by atoms with E-state index in [4.69, 9.17) is 9.97 Å². The molecule has 0 bridgehead atoms. The van der Waals surface area contributed by atoms with E-state index >= 15 is 0 Å². The minimum atomic E-state index is -3.50. The molecule has 0 saturated heterocycles. The molecule has 0 aliphatic carbocycles. The van der Waals surface area contributed by atoms with Crippen molar-refractivity contribution in [3.8, 4) is 28.5 Å². The number of hydrogen-bond donors (Lipinski definition) is 0. The monoisotopic (exact) mass is 701 g/mol. The number of aromatic nitrogens is 3. The van der Waals surface area contributed by atoms with Gasteiger partial charge in [-0.25, -0.2) is 0 Å². The van der Waals surface area contributed by atoms with Crippen LogP contribution in [0.15, 0.2) is 200 Å². The van der Waals surface area contributed by atoms with Crippen molar-refractivity contribution in [3.05, 3.63) is 200 Å². The summed E-state index contributed by atoms with van der Waals surface area (Å²) in [6, 6.07) is 72.1. The topological polar surface area (TPSA) is 30.7 Å². The van der Waals surface area contributed by atoms with Crippen LogP contribution in [-0.4, -0.2) is 27.8 Å². The van der Waals surface area contributed by atoms with Crippen molar-refractivity contribution in [1.82, 2.24) is 14.5 Å². The second kappa shape index (κ2) is 12.8. The van der Waals surface area contributed by atoms with Gasteiger partial charge in [-0.15, -0.1) is 0 Å². The summed E-state index contributed by atoms with van der Waals surface area (Å²) >= 11 is -3.50. The third-order valence-corrected chi connectivity index (χ3v) is 19.8. The first kappa shape index (κ1) is 30.1. The van der Waals surface area contributed by atoms with Gasteiger partial charge >= 0.3 is 296 Å². The van der Waals surface area contributed by atoms with Crippen molar-refractivity contribution in [2.75, 3.05) is 0 Å². The predicted molar refractivity (Wildman–Crippen MR) is 211 cm³/mol. The molecule has 0 saturated carbocycles. The second-order valence-corrected chi connectivity index (χ2v) is 20.6. The van der Waals surface area contributed by atoms with Crippen LogP contribution in [0.4, 0.5) is 0 Å². The molecule has 9 rings (SSSR count). The normalized spacial score (nSPS) is 11.6. The van der Waals surface area contributed by atoms with E-state index < -0.39 is 13.3 Å². The van der Waals surface area contributed by atoms with E-state index in [1.807, 2.05) is 6.07 Å². The van der Waals surface area contributed by atoms with E-state index in [1.165, 1.54) is 28.4 Å². The average molecular weight is 700 g/mol. The number of rotatable bonds is 7.